The summed E-state index contributed by atoms with van der Waals surface area (Å²) < 4.78 is 0. The standard InChI is InChI=1S/C19H29NO3/c1-15(21)7-6-12-20(2)14-17-8-3-4-11-19(17,23)16-9-5-10-18(22)13-16/h5,9-10,13,17,22-23H,3-4,6-8,11-12,14H2,1-2H3. The molecule has 128 valence electrons. The quantitative estimate of drug-likeness (QED) is 0.811. The monoisotopic (exact) mass is 319 g/mol. The number of nitrogens with zero attached hydrogens (tertiary/aromatic N) is 1. The molecule has 1 saturated carbocycles. The minimum atomic E-state index is -0.869. The van der Waals surface area contributed by atoms with E-state index in [9.17, 15) is 15.0 Å². The average molecular weight is 319 g/mol. The van der Waals surface area contributed by atoms with Gasteiger partial charge in [-0.2, -0.15) is 0 Å². The van der Waals surface area contributed by atoms with Gasteiger partial charge in [-0.1, -0.05) is 25.0 Å². The van der Waals surface area contributed by atoms with Crippen LogP contribution in [0, 0.1) is 5.92 Å². The Morgan fingerprint density at radius 2 is 2.17 bits per heavy atom. The maximum absolute atomic E-state index is 11.3. The van der Waals surface area contributed by atoms with Crippen molar-refractivity contribution in [3.63, 3.8) is 0 Å². The number of phenols is 1. The van der Waals surface area contributed by atoms with Crippen molar-refractivity contribution in [2.75, 3.05) is 20.1 Å². The van der Waals surface area contributed by atoms with Crippen LogP contribution in [0.3, 0.4) is 0 Å². The zero-order valence-electron chi connectivity index (χ0n) is 14.3. The highest BCUT2D eigenvalue weighted by Crippen LogP contribution is 2.42. The van der Waals surface area contributed by atoms with E-state index >= 15 is 0 Å². The van der Waals surface area contributed by atoms with Gasteiger partial charge in [-0.25, -0.2) is 0 Å². The van der Waals surface area contributed by atoms with Crippen LogP contribution in [0.25, 0.3) is 0 Å². The molecule has 1 aliphatic rings. The normalized spacial score (nSPS) is 24.8. The van der Waals surface area contributed by atoms with Crippen LogP contribution in [0.1, 0.15) is 51.0 Å². The first-order valence-electron chi connectivity index (χ1n) is 8.61. The van der Waals surface area contributed by atoms with E-state index in [4.69, 9.17) is 0 Å². The molecule has 0 bridgehead atoms. The summed E-state index contributed by atoms with van der Waals surface area (Å²) in [6.45, 7) is 3.30. The molecule has 2 unspecified atom stereocenters. The smallest absolute Gasteiger partial charge is 0.129 e. The molecule has 0 aromatic heterocycles. The van der Waals surface area contributed by atoms with Gasteiger partial charge >= 0.3 is 0 Å². The predicted octanol–water partition coefficient (Wildman–Crippen LogP) is 3.07. The molecule has 1 fully saturated rings. The molecule has 1 aromatic rings. The summed E-state index contributed by atoms with van der Waals surface area (Å²) in [6, 6.07) is 7.03. The Kier molecular flexibility index (Phi) is 6.19. The van der Waals surface area contributed by atoms with Gasteiger partial charge in [-0.05, 0) is 57.5 Å². The van der Waals surface area contributed by atoms with E-state index < -0.39 is 5.60 Å². The van der Waals surface area contributed by atoms with Crippen molar-refractivity contribution in [3.05, 3.63) is 29.8 Å². The second-order valence-electron chi connectivity index (χ2n) is 6.99. The van der Waals surface area contributed by atoms with Crippen LogP contribution in [-0.2, 0) is 10.4 Å². The number of ketones is 1. The maximum Gasteiger partial charge on any atom is 0.129 e. The Labute approximate surface area is 139 Å². The maximum atomic E-state index is 11.3. The molecule has 0 amide bonds. The minimum Gasteiger partial charge on any atom is -0.508 e. The van der Waals surface area contributed by atoms with Gasteiger partial charge in [0, 0.05) is 18.9 Å². The van der Waals surface area contributed by atoms with E-state index in [0.717, 1.165) is 50.8 Å². The number of hydrogen-bond donors (Lipinski definition) is 2. The molecule has 23 heavy (non-hydrogen) atoms. The minimum absolute atomic E-state index is 0.153. The van der Waals surface area contributed by atoms with Crippen molar-refractivity contribution in [2.45, 2.75) is 51.0 Å². The van der Waals surface area contributed by atoms with E-state index in [2.05, 4.69) is 11.9 Å². The first-order valence-corrected chi connectivity index (χ1v) is 8.61. The number of phenolic OH excluding ortho intramolecular Hbond substituents is 1. The topological polar surface area (TPSA) is 60.8 Å². The number of rotatable bonds is 7. The van der Waals surface area contributed by atoms with Crippen molar-refractivity contribution in [3.8, 4) is 5.75 Å². The molecule has 4 heteroatoms. The lowest BCUT2D eigenvalue weighted by Crippen LogP contribution is -2.43. The van der Waals surface area contributed by atoms with Crippen molar-refractivity contribution in [1.82, 2.24) is 4.90 Å². The Morgan fingerprint density at radius 3 is 2.87 bits per heavy atom. The van der Waals surface area contributed by atoms with Gasteiger partial charge in [0.05, 0.1) is 5.60 Å². The molecule has 2 atom stereocenters. The number of aromatic hydroxyl groups is 1. The van der Waals surface area contributed by atoms with E-state index in [-0.39, 0.29) is 17.5 Å². The Hall–Kier alpha value is -1.39. The van der Waals surface area contributed by atoms with E-state index in [1.165, 1.54) is 0 Å². The molecule has 4 nitrogen and oxygen atoms in total. The van der Waals surface area contributed by atoms with Crippen LogP contribution < -0.4 is 0 Å². The van der Waals surface area contributed by atoms with Crippen LogP contribution in [-0.4, -0.2) is 41.0 Å². The Bertz CT molecular complexity index is 531. The lowest BCUT2D eigenvalue weighted by atomic mass is 9.71. The molecule has 1 aromatic carbocycles. The third-order valence-electron chi connectivity index (χ3n) is 4.98. The number of Topliss-reactive ketones (excluding diaryl/α,β-unsaturated/α-hetero) is 1. The molecule has 0 spiro atoms. The van der Waals surface area contributed by atoms with Gasteiger partial charge in [0.25, 0.3) is 0 Å². The first-order chi connectivity index (χ1) is 10.9. The van der Waals surface area contributed by atoms with Crippen molar-refractivity contribution >= 4 is 5.78 Å². The SMILES string of the molecule is CC(=O)CCCN(C)CC1CCCCC1(O)c1cccc(O)c1. The van der Waals surface area contributed by atoms with Gasteiger partial charge < -0.3 is 19.9 Å². The summed E-state index contributed by atoms with van der Waals surface area (Å²) in [7, 11) is 2.05. The molecule has 0 saturated heterocycles. The molecule has 2 rings (SSSR count). The fraction of sp³-hybridized carbons (Fsp3) is 0.632. The number of carbonyl (C=O) groups is 1. The highest BCUT2D eigenvalue weighted by Gasteiger charge is 2.40. The summed E-state index contributed by atoms with van der Waals surface area (Å²) in [5, 5.41) is 21.0. The number of benzene rings is 1. The van der Waals surface area contributed by atoms with Crippen LogP contribution in [0.15, 0.2) is 24.3 Å². The molecule has 0 radical (unpaired) electrons. The summed E-state index contributed by atoms with van der Waals surface area (Å²) in [4.78, 5) is 13.3. The first kappa shape index (κ1) is 18.0. The van der Waals surface area contributed by atoms with Crippen molar-refractivity contribution in [2.24, 2.45) is 5.92 Å². The Morgan fingerprint density at radius 1 is 1.39 bits per heavy atom. The zero-order chi connectivity index (χ0) is 16.9. The summed E-state index contributed by atoms with van der Waals surface area (Å²) in [5.74, 6) is 0.586. The third-order valence-corrected chi connectivity index (χ3v) is 4.98. The summed E-state index contributed by atoms with van der Waals surface area (Å²) in [5.41, 5.74) is -0.0504. The van der Waals surface area contributed by atoms with E-state index in [0.29, 0.717) is 6.42 Å². The fourth-order valence-electron chi connectivity index (χ4n) is 3.69. The number of carbonyl (C=O) groups excluding carboxylic acids is 1. The second kappa shape index (κ2) is 7.93. The fourth-order valence-corrected chi connectivity index (χ4v) is 3.69. The number of aliphatic hydroxyl groups is 1. The third kappa shape index (κ3) is 4.79. The highest BCUT2D eigenvalue weighted by atomic mass is 16.3. The predicted molar refractivity (Wildman–Crippen MR) is 91.4 cm³/mol. The lowest BCUT2D eigenvalue weighted by Gasteiger charge is -2.42. The second-order valence-corrected chi connectivity index (χ2v) is 6.99. The van der Waals surface area contributed by atoms with Crippen LogP contribution in [0.5, 0.6) is 5.75 Å². The number of hydrogen-bond acceptors (Lipinski definition) is 4. The van der Waals surface area contributed by atoms with Gasteiger partial charge in [0.15, 0.2) is 0 Å². The van der Waals surface area contributed by atoms with Gasteiger partial charge in [-0.15, -0.1) is 0 Å². The van der Waals surface area contributed by atoms with Gasteiger partial charge in [0.1, 0.15) is 11.5 Å². The summed E-state index contributed by atoms with van der Waals surface area (Å²) >= 11 is 0. The van der Waals surface area contributed by atoms with Crippen molar-refractivity contribution in [1.29, 1.82) is 0 Å². The van der Waals surface area contributed by atoms with Crippen LogP contribution in [0.2, 0.25) is 0 Å². The van der Waals surface area contributed by atoms with E-state index in [1.807, 2.05) is 6.07 Å². The highest BCUT2D eigenvalue weighted by molar-refractivity contribution is 5.75. The zero-order valence-corrected chi connectivity index (χ0v) is 14.3. The van der Waals surface area contributed by atoms with Crippen LogP contribution in [0.4, 0.5) is 0 Å². The summed E-state index contributed by atoms with van der Waals surface area (Å²) in [6.07, 6.45) is 5.35. The molecular formula is C19H29NO3. The molecule has 0 heterocycles. The van der Waals surface area contributed by atoms with Gasteiger partial charge in [0.2, 0.25) is 0 Å². The molecular weight excluding hydrogens is 290 g/mol. The average Bonchev–Trinajstić information content (AvgIpc) is 2.49. The van der Waals surface area contributed by atoms with Crippen LogP contribution >= 0.6 is 0 Å². The molecule has 1 aliphatic carbocycles. The molecule has 0 aliphatic heterocycles. The lowest BCUT2D eigenvalue weighted by molar-refractivity contribution is -0.117. The van der Waals surface area contributed by atoms with Crippen molar-refractivity contribution < 1.29 is 15.0 Å². The molecule has 2 N–H and O–H groups in total. The van der Waals surface area contributed by atoms with E-state index in [1.54, 1.807) is 25.1 Å². The Balaban J connectivity index is 2.04. The largest absolute Gasteiger partial charge is 0.508 e. The van der Waals surface area contributed by atoms with Gasteiger partial charge in [-0.3, -0.25) is 0 Å².